The maximum absolute atomic E-state index is 14.9. The summed E-state index contributed by atoms with van der Waals surface area (Å²) in [5, 5.41) is -5.34. The van der Waals surface area contributed by atoms with Gasteiger partial charge in [0.25, 0.3) is 0 Å². The first-order valence-corrected chi connectivity index (χ1v) is 14.4. The number of halogens is 4. The van der Waals surface area contributed by atoms with Crippen LogP contribution < -0.4 is 4.18 Å². The quantitative estimate of drug-likeness (QED) is 0.174. The van der Waals surface area contributed by atoms with E-state index in [1.54, 1.807) is 12.1 Å². The number of rotatable bonds is 8. The molecule has 0 spiro atoms. The molecule has 9 heteroatoms. The lowest BCUT2D eigenvalue weighted by Gasteiger charge is -2.34. The molecule has 2 saturated carbocycles. The predicted octanol–water partition coefficient (Wildman–Crippen LogP) is 7.15. The van der Waals surface area contributed by atoms with Gasteiger partial charge in [0.15, 0.2) is 14.7 Å². The largest absolute Gasteiger partial charge is 0.442 e. The van der Waals surface area contributed by atoms with E-state index < -0.39 is 49.8 Å². The molecule has 2 aliphatic rings. The van der Waals surface area contributed by atoms with E-state index in [9.17, 15) is 26.0 Å². The third kappa shape index (κ3) is 4.41. The van der Waals surface area contributed by atoms with Crippen molar-refractivity contribution in [3.8, 4) is 5.75 Å². The van der Waals surface area contributed by atoms with E-state index in [-0.39, 0.29) is 12.3 Å². The Balaban J connectivity index is 1.39. The van der Waals surface area contributed by atoms with Crippen LogP contribution in [-0.2, 0) is 21.0 Å². The van der Waals surface area contributed by atoms with Gasteiger partial charge in [-0.2, -0.15) is 26.0 Å². The van der Waals surface area contributed by atoms with Crippen molar-refractivity contribution >= 4 is 21.0 Å². The topological polar surface area (TPSA) is 43.4 Å². The zero-order chi connectivity index (χ0) is 25.6. The van der Waals surface area contributed by atoms with Crippen molar-refractivity contribution in [2.24, 2.45) is 17.8 Å². The number of alkyl halides is 4. The van der Waals surface area contributed by atoms with Crippen LogP contribution in [-0.4, -0.2) is 19.6 Å². The van der Waals surface area contributed by atoms with E-state index >= 15 is 0 Å². The molecular formula is C27H25F4O3S2+. The van der Waals surface area contributed by atoms with Gasteiger partial charge in [-0.25, -0.2) is 0 Å². The van der Waals surface area contributed by atoms with E-state index in [1.165, 1.54) is 12.1 Å². The molecule has 3 unspecified atom stereocenters. The first-order valence-electron chi connectivity index (χ1n) is 11.7. The highest BCUT2D eigenvalue weighted by Crippen LogP contribution is 2.58. The first-order chi connectivity index (χ1) is 17.1. The molecule has 36 heavy (non-hydrogen) atoms. The molecule has 0 N–H and O–H groups in total. The zero-order valence-electron chi connectivity index (χ0n) is 19.2. The van der Waals surface area contributed by atoms with Crippen molar-refractivity contribution in [2.45, 2.75) is 51.5 Å². The van der Waals surface area contributed by atoms with Crippen LogP contribution in [0.4, 0.5) is 17.6 Å². The molecule has 0 amide bonds. The summed E-state index contributed by atoms with van der Waals surface area (Å²) in [7, 11) is -6.50. The summed E-state index contributed by atoms with van der Waals surface area (Å²) < 4.78 is 88.9. The maximum atomic E-state index is 14.9. The number of fused-ring (bicyclic) bond motifs is 2. The molecule has 3 aromatic rings. The Labute approximate surface area is 211 Å². The van der Waals surface area contributed by atoms with Crippen molar-refractivity contribution in [2.75, 3.05) is 0 Å². The fourth-order valence-electron chi connectivity index (χ4n) is 5.40. The minimum Gasteiger partial charge on any atom is -0.378 e. The molecule has 0 heterocycles. The average Bonchev–Trinajstić information content (AvgIpc) is 3.51. The molecule has 3 nitrogen and oxygen atoms in total. The normalized spacial score (nSPS) is 22.2. The minimum absolute atomic E-state index is 0.0409. The highest BCUT2D eigenvalue weighted by Gasteiger charge is 2.72. The average molecular weight is 538 g/mol. The summed E-state index contributed by atoms with van der Waals surface area (Å²) >= 11 is 0. The Kier molecular flexibility index (Phi) is 6.57. The van der Waals surface area contributed by atoms with Crippen molar-refractivity contribution in [1.29, 1.82) is 0 Å². The lowest BCUT2D eigenvalue weighted by molar-refractivity contribution is -0.202. The molecular weight excluding hydrogens is 512 g/mol. The second kappa shape index (κ2) is 9.41. The van der Waals surface area contributed by atoms with Crippen LogP contribution in [0, 0.1) is 17.8 Å². The maximum Gasteiger partial charge on any atom is 0.442 e. The molecule has 190 valence electrons. The predicted molar refractivity (Wildman–Crippen MR) is 130 cm³/mol. The van der Waals surface area contributed by atoms with Gasteiger partial charge in [-0.1, -0.05) is 42.8 Å². The monoisotopic (exact) mass is 537 g/mol. The fourth-order valence-corrected chi connectivity index (χ4v) is 8.44. The molecule has 3 aromatic carbocycles. The van der Waals surface area contributed by atoms with Crippen LogP contribution >= 0.6 is 0 Å². The van der Waals surface area contributed by atoms with Crippen molar-refractivity contribution < 1.29 is 30.2 Å². The third-order valence-electron chi connectivity index (χ3n) is 7.13. The minimum atomic E-state index is -5.94. The highest BCUT2D eigenvalue weighted by molar-refractivity contribution is 7.97. The molecule has 0 aliphatic heterocycles. The van der Waals surface area contributed by atoms with Gasteiger partial charge in [-0.05, 0) is 79.6 Å². The van der Waals surface area contributed by atoms with E-state index in [4.69, 9.17) is 0 Å². The molecule has 3 atom stereocenters. The first kappa shape index (κ1) is 25.1. The van der Waals surface area contributed by atoms with Crippen molar-refractivity contribution in [3.05, 3.63) is 84.9 Å². The standard InChI is InChI=1S/C27H25F4O3S2/c28-26(29,25-18-19-11-12-20(25)17-19)27(30,31)36(32,33)34-21-13-15-24(16-14-21)35(22-7-3-1-4-8-22)23-9-5-2-6-10-23/h1-10,13-16,19-20,25H,11-12,17-18H2/q+1. The second-order valence-electron chi connectivity index (χ2n) is 9.36. The molecule has 2 aliphatic carbocycles. The fraction of sp³-hybridized carbons (Fsp3) is 0.333. The summed E-state index contributed by atoms with van der Waals surface area (Å²) in [6.07, 6.45) is 1.52. The molecule has 0 aromatic heterocycles. The SMILES string of the molecule is O=S(=O)(Oc1ccc([S+](c2ccccc2)c2ccccc2)cc1)C(F)(F)C(F)(F)C1CC2CCC1C2. The Morgan fingerprint density at radius 3 is 1.72 bits per heavy atom. The summed E-state index contributed by atoms with van der Waals surface area (Å²) in [6, 6.07) is 24.8. The Hall–Kier alpha value is -2.52. The van der Waals surface area contributed by atoms with Crippen molar-refractivity contribution in [3.63, 3.8) is 0 Å². The van der Waals surface area contributed by atoms with Gasteiger partial charge in [0, 0.05) is 5.92 Å². The van der Waals surface area contributed by atoms with E-state index in [0.717, 1.165) is 21.1 Å². The molecule has 0 radical (unpaired) electrons. The van der Waals surface area contributed by atoms with Crippen LogP contribution in [0.5, 0.6) is 5.75 Å². The van der Waals surface area contributed by atoms with E-state index in [2.05, 4.69) is 4.18 Å². The molecule has 2 bridgehead atoms. The van der Waals surface area contributed by atoms with Gasteiger partial charge < -0.3 is 4.18 Å². The molecule has 0 saturated heterocycles. The summed E-state index contributed by atoms with van der Waals surface area (Å²) in [4.78, 5) is 2.79. The summed E-state index contributed by atoms with van der Waals surface area (Å²) in [5.41, 5.74) is 0. The number of benzene rings is 3. The van der Waals surface area contributed by atoms with Crippen LogP contribution in [0.1, 0.15) is 25.7 Å². The van der Waals surface area contributed by atoms with Gasteiger partial charge in [-0.3, -0.25) is 0 Å². The van der Waals surface area contributed by atoms with Crippen LogP contribution in [0.2, 0.25) is 0 Å². The van der Waals surface area contributed by atoms with Gasteiger partial charge in [0.1, 0.15) is 5.75 Å². The summed E-state index contributed by atoms with van der Waals surface area (Å²) in [5.74, 6) is -7.43. The Morgan fingerprint density at radius 1 is 0.722 bits per heavy atom. The van der Waals surface area contributed by atoms with Crippen molar-refractivity contribution in [1.82, 2.24) is 0 Å². The zero-order valence-corrected chi connectivity index (χ0v) is 20.8. The third-order valence-corrected chi connectivity index (χ3v) is 10.7. The molecule has 5 rings (SSSR count). The van der Waals surface area contributed by atoms with Gasteiger partial charge in [0.2, 0.25) is 0 Å². The highest BCUT2D eigenvalue weighted by atomic mass is 32.2. The van der Waals surface area contributed by atoms with E-state index in [0.29, 0.717) is 12.8 Å². The van der Waals surface area contributed by atoms with Gasteiger partial charge in [0.05, 0.1) is 10.9 Å². The lowest BCUT2D eigenvalue weighted by atomic mass is 9.84. The van der Waals surface area contributed by atoms with Crippen LogP contribution in [0.25, 0.3) is 0 Å². The Bertz CT molecular complexity index is 1260. The Morgan fingerprint density at radius 2 is 1.25 bits per heavy atom. The van der Waals surface area contributed by atoms with E-state index in [1.807, 2.05) is 60.7 Å². The van der Waals surface area contributed by atoms with Gasteiger partial charge in [-0.15, -0.1) is 0 Å². The molecule has 2 fully saturated rings. The van der Waals surface area contributed by atoms with Crippen LogP contribution in [0.15, 0.2) is 99.6 Å². The van der Waals surface area contributed by atoms with Crippen LogP contribution in [0.3, 0.4) is 0 Å². The number of hydrogen-bond acceptors (Lipinski definition) is 3. The number of hydrogen-bond donors (Lipinski definition) is 0. The van der Waals surface area contributed by atoms with Gasteiger partial charge >= 0.3 is 21.3 Å². The smallest absolute Gasteiger partial charge is 0.378 e. The second-order valence-corrected chi connectivity index (χ2v) is 13.0. The lowest BCUT2D eigenvalue weighted by Crippen LogP contribution is -2.54. The summed E-state index contributed by atoms with van der Waals surface area (Å²) in [6.45, 7) is 0.